The van der Waals surface area contributed by atoms with E-state index in [4.69, 9.17) is 9.72 Å². The van der Waals surface area contributed by atoms with E-state index in [1.165, 1.54) is 12.1 Å². The SMILES string of the molecule is COc1cccc(-n2c(/C=C/c3ccc(F)cc3)nc3ccc(I)cc3c2=O)c1. The summed E-state index contributed by atoms with van der Waals surface area (Å²) in [5.41, 5.74) is 1.91. The lowest BCUT2D eigenvalue weighted by molar-refractivity contribution is 0.414. The Kier molecular flexibility index (Phi) is 5.44. The van der Waals surface area contributed by atoms with E-state index in [2.05, 4.69) is 22.6 Å². The Bertz CT molecular complexity index is 1280. The molecule has 1 aromatic heterocycles. The Morgan fingerprint density at radius 3 is 2.59 bits per heavy atom. The largest absolute Gasteiger partial charge is 0.497 e. The highest BCUT2D eigenvalue weighted by Gasteiger charge is 2.12. The van der Waals surface area contributed by atoms with Gasteiger partial charge in [-0.1, -0.05) is 24.3 Å². The van der Waals surface area contributed by atoms with Gasteiger partial charge in [0.25, 0.3) is 5.56 Å². The molecular formula is C23H16FIN2O2. The second-order valence-corrected chi connectivity index (χ2v) is 7.60. The van der Waals surface area contributed by atoms with Gasteiger partial charge in [-0.05, 0) is 76.7 Å². The lowest BCUT2D eigenvalue weighted by atomic mass is 10.2. The molecule has 1 heterocycles. The van der Waals surface area contributed by atoms with Crippen molar-refractivity contribution in [3.63, 3.8) is 0 Å². The van der Waals surface area contributed by atoms with Gasteiger partial charge in [0.1, 0.15) is 17.4 Å². The number of benzene rings is 3. The molecule has 0 fully saturated rings. The number of methoxy groups -OCH3 is 1. The van der Waals surface area contributed by atoms with Crippen molar-refractivity contribution in [1.82, 2.24) is 9.55 Å². The minimum absolute atomic E-state index is 0.166. The van der Waals surface area contributed by atoms with Crippen molar-refractivity contribution in [3.8, 4) is 11.4 Å². The topological polar surface area (TPSA) is 44.1 Å². The molecule has 144 valence electrons. The van der Waals surface area contributed by atoms with E-state index < -0.39 is 0 Å². The third-order valence-corrected chi connectivity index (χ3v) is 5.13. The molecule has 0 spiro atoms. The van der Waals surface area contributed by atoms with E-state index in [1.54, 1.807) is 42.0 Å². The summed E-state index contributed by atoms with van der Waals surface area (Å²) >= 11 is 2.18. The number of hydrogen-bond donors (Lipinski definition) is 0. The van der Waals surface area contributed by atoms with Crippen molar-refractivity contribution in [2.24, 2.45) is 0 Å². The third kappa shape index (κ3) is 4.07. The van der Waals surface area contributed by atoms with E-state index in [1.807, 2.05) is 36.4 Å². The number of hydrogen-bond acceptors (Lipinski definition) is 3. The van der Waals surface area contributed by atoms with Gasteiger partial charge in [0.15, 0.2) is 0 Å². The summed E-state index contributed by atoms with van der Waals surface area (Å²) in [5, 5.41) is 0.540. The first-order valence-electron chi connectivity index (χ1n) is 8.85. The van der Waals surface area contributed by atoms with Crippen molar-refractivity contribution in [1.29, 1.82) is 0 Å². The van der Waals surface area contributed by atoms with E-state index in [0.717, 1.165) is 9.13 Å². The number of rotatable bonds is 4. The zero-order valence-electron chi connectivity index (χ0n) is 15.5. The quantitative estimate of drug-likeness (QED) is 0.359. The van der Waals surface area contributed by atoms with Gasteiger partial charge >= 0.3 is 0 Å². The van der Waals surface area contributed by atoms with Crippen LogP contribution in [0.1, 0.15) is 11.4 Å². The molecule has 0 aliphatic rings. The molecule has 29 heavy (non-hydrogen) atoms. The second-order valence-electron chi connectivity index (χ2n) is 6.36. The molecule has 0 N–H and O–H groups in total. The van der Waals surface area contributed by atoms with Crippen LogP contribution in [0.15, 0.2) is 71.5 Å². The van der Waals surface area contributed by atoms with Crippen LogP contribution in [0.5, 0.6) is 5.75 Å². The zero-order valence-corrected chi connectivity index (χ0v) is 17.6. The highest BCUT2D eigenvalue weighted by Crippen LogP contribution is 2.20. The average molecular weight is 498 g/mol. The Morgan fingerprint density at radius 2 is 1.83 bits per heavy atom. The summed E-state index contributed by atoms with van der Waals surface area (Å²) in [6.45, 7) is 0. The van der Waals surface area contributed by atoms with Crippen LogP contribution >= 0.6 is 22.6 Å². The molecule has 3 aromatic carbocycles. The second kappa shape index (κ2) is 8.16. The predicted octanol–water partition coefficient (Wildman–Crippen LogP) is 5.31. The van der Waals surface area contributed by atoms with Crippen LogP contribution in [0.2, 0.25) is 0 Å². The minimum Gasteiger partial charge on any atom is -0.497 e. The van der Waals surface area contributed by atoms with Crippen LogP contribution in [-0.4, -0.2) is 16.7 Å². The molecule has 0 saturated heterocycles. The summed E-state index contributed by atoms with van der Waals surface area (Å²) in [6.07, 6.45) is 3.56. The van der Waals surface area contributed by atoms with Gasteiger partial charge in [0, 0.05) is 9.64 Å². The molecule has 0 saturated carbocycles. The first kappa shape index (κ1) is 19.3. The normalized spacial score (nSPS) is 11.3. The maximum absolute atomic E-state index is 13.4. The van der Waals surface area contributed by atoms with Gasteiger partial charge in [-0.3, -0.25) is 9.36 Å². The fraction of sp³-hybridized carbons (Fsp3) is 0.0435. The van der Waals surface area contributed by atoms with Crippen molar-refractivity contribution < 1.29 is 9.13 Å². The van der Waals surface area contributed by atoms with E-state index in [9.17, 15) is 9.18 Å². The Morgan fingerprint density at radius 1 is 1.03 bits per heavy atom. The predicted molar refractivity (Wildman–Crippen MR) is 122 cm³/mol. The fourth-order valence-electron chi connectivity index (χ4n) is 3.03. The Hall–Kier alpha value is -3.00. The molecule has 6 heteroatoms. The van der Waals surface area contributed by atoms with Crippen molar-refractivity contribution in [2.45, 2.75) is 0 Å². The van der Waals surface area contributed by atoms with Crippen molar-refractivity contribution in [3.05, 3.63) is 97.9 Å². The molecule has 4 nitrogen and oxygen atoms in total. The van der Waals surface area contributed by atoms with Gasteiger partial charge in [-0.2, -0.15) is 0 Å². The monoisotopic (exact) mass is 498 g/mol. The molecule has 4 aromatic rings. The van der Waals surface area contributed by atoms with Crippen molar-refractivity contribution >= 4 is 45.6 Å². The summed E-state index contributed by atoms with van der Waals surface area (Å²) in [5.74, 6) is 0.820. The number of halogens is 2. The fourth-order valence-corrected chi connectivity index (χ4v) is 3.52. The molecular weight excluding hydrogens is 482 g/mol. The highest BCUT2D eigenvalue weighted by atomic mass is 127. The van der Waals surface area contributed by atoms with Crippen LogP contribution in [-0.2, 0) is 0 Å². The number of fused-ring (bicyclic) bond motifs is 1. The zero-order chi connectivity index (χ0) is 20.4. The van der Waals surface area contributed by atoms with Crippen LogP contribution in [0.25, 0.3) is 28.7 Å². The molecule has 4 rings (SSSR count). The third-order valence-electron chi connectivity index (χ3n) is 4.46. The van der Waals surface area contributed by atoms with Gasteiger partial charge in [-0.25, -0.2) is 9.37 Å². The van der Waals surface area contributed by atoms with Gasteiger partial charge in [-0.15, -0.1) is 0 Å². The number of nitrogens with zero attached hydrogens (tertiary/aromatic N) is 2. The Labute approximate surface area is 180 Å². The molecule has 0 atom stereocenters. The average Bonchev–Trinajstić information content (AvgIpc) is 2.74. The van der Waals surface area contributed by atoms with Crippen LogP contribution in [0.4, 0.5) is 4.39 Å². The van der Waals surface area contributed by atoms with Gasteiger partial charge < -0.3 is 4.74 Å². The first-order chi connectivity index (χ1) is 14.0. The van der Waals surface area contributed by atoms with Crippen LogP contribution < -0.4 is 10.3 Å². The van der Waals surface area contributed by atoms with Crippen LogP contribution in [0.3, 0.4) is 0 Å². The highest BCUT2D eigenvalue weighted by molar-refractivity contribution is 14.1. The van der Waals surface area contributed by atoms with Crippen LogP contribution in [0, 0.1) is 9.39 Å². The van der Waals surface area contributed by atoms with Gasteiger partial charge in [0.2, 0.25) is 0 Å². The summed E-state index contributed by atoms with van der Waals surface area (Å²) in [6, 6.07) is 19.0. The standard InChI is InChI=1S/C23H16FIN2O2/c1-29-19-4-2-3-18(14-19)27-22(12-7-15-5-8-16(24)9-6-15)26-21-11-10-17(25)13-20(21)23(27)28/h2-14H,1H3/b12-7+. The molecule has 0 aliphatic heterocycles. The lowest BCUT2D eigenvalue weighted by Gasteiger charge is -2.12. The lowest BCUT2D eigenvalue weighted by Crippen LogP contribution is -2.22. The minimum atomic E-state index is -0.297. The summed E-state index contributed by atoms with van der Waals surface area (Å²) in [7, 11) is 1.58. The molecule has 0 amide bonds. The van der Waals surface area contributed by atoms with Crippen molar-refractivity contribution in [2.75, 3.05) is 7.11 Å². The number of aromatic nitrogens is 2. The first-order valence-corrected chi connectivity index (χ1v) is 9.93. The molecule has 0 aliphatic carbocycles. The molecule has 0 unspecified atom stereocenters. The smallest absolute Gasteiger partial charge is 0.266 e. The maximum atomic E-state index is 13.4. The Balaban J connectivity index is 1.94. The molecule has 0 radical (unpaired) electrons. The molecule has 0 bridgehead atoms. The van der Waals surface area contributed by atoms with E-state index >= 15 is 0 Å². The maximum Gasteiger partial charge on any atom is 0.266 e. The van der Waals surface area contributed by atoms with Gasteiger partial charge in [0.05, 0.1) is 23.7 Å². The summed E-state index contributed by atoms with van der Waals surface area (Å²) in [4.78, 5) is 18.1. The van der Waals surface area contributed by atoms with E-state index in [0.29, 0.717) is 28.2 Å². The summed E-state index contributed by atoms with van der Waals surface area (Å²) < 4.78 is 21.0. The number of ether oxygens (including phenoxy) is 1. The van der Waals surface area contributed by atoms with E-state index in [-0.39, 0.29) is 11.4 Å².